The number of sulfonamides is 1. The molecule has 1 heterocycles. The van der Waals surface area contributed by atoms with E-state index >= 15 is 0 Å². The highest BCUT2D eigenvalue weighted by atomic mass is 79.9. The molecule has 22 heavy (non-hydrogen) atoms. The van der Waals surface area contributed by atoms with Gasteiger partial charge in [0.25, 0.3) is 0 Å². The van der Waals surface area contributed by atoms with E-state index in [1.165, 1.54) is 4.31 Å². The van der Waals surface area contributed by atoms with Crippen molar-refractivity contribution in [2.45, 2.75) is 17.5 Å². The van der Waals surface area contributed by atoms with Crippen molar-refractivity contribution < 1.29 is 21.6 Å². The van der Waals surface area contributed by atoms with Crippen molar-refractivity contribution in [3.63, 3.8) is 0 Å². The van der Waals surface area contributed by atoms with Gasteiger partial charge >= 0.3 is 6.18 Å². The average Bonchev–Trinajstić information content (AvgIpc) is 2.66. The number of hydrogen-bond donors (Lipinski definition) is 1. The van der Waals surface area contributed by atoms with Crippen molar-refractivity contribution in [2.24, 2.45) is 0 Å². The second-order valence-electron chi connectivity index (χ2n) is 4.65. The van der Waals surface area contributed by atoms with E-state index in [2.05, 4.69) is 21.2 Å². The maximum absolute atomic E-state index is 12.8. The van der Waals surface area contributed by atoms with Crippen LogP contribution in [-0.2, 0) is 16.2 Å². The number of rotatable bonds is 2. The molecule has 0 aromatic heterocycles. The number of benzene rings is 1. The summed E-state index contributed by atoms with van der Waals surface area (Å²) in [7, 11) is -3.95. The molecule has 1 N–H and O–H groups in total. The van der Waals surface area contributed by atoms with Gasteiger partial charge < -0.3 is 5.32 Å². The SMILES string of the molecule is Cl.O=S(=O)(c1cc(C(F)(F)F)ccc1Br)N1CCCNCC1. The Bertz CT molecular complexity index is 617. The van der Waals surface area contributed by atoms with E-state index in [0.717, 1.165) is 12.1 Å². The predicted octanol–water partition coefficient (Wildman–Crippen LogP) is 2.87. The molecule has 1 aromatic carbocycles. The summed E-state index contributed by atoms with van der Waals surface area (Å²) in [5.74, 6) is 0. The molecule has 0 saturated carbocycles. The summed E-state index contributed by atoms with van der Waals surface area (Å²) < 4.78 is 64.7. The van der Waals surface area contributed by atoms with Gasteiger partial charge in [-0.3, -0.25) is 0 Å². The second kappa shape index (κ2) is 7.48. The lowest BCUT2D eigenvalue weighted by molar-refractivity contribution is -0.137. The topological polar surface area (TPSA) is 49.4 Å². The first-order valence-electron chi connectivity index (χ1n) is 6.30. The first-order chi connectivity index (χ1) is 9.73. The third-order valence-corrected chi connectivity index (χ3v) is 6.07. The van der Waals surface area contributed by atoms with Crippen molar-refractivity contribution in [1.82, 2.24) is 9.62 Å². The number of nitrogens with zero attached hydrogens (tertiary/aromatic N) is 1. The first-order valence-corrected chi connectivity index (χ1v) is 8.54. The monoisotopic (exact) mass is 422 g/mol. The minimum absolute atomic E-state index is 0. The molecule has 1 saturated heterocycles. The van der Waals surface area contributed by atoms with Crippen LogP contribution in [0, 0.1) is 0 Å². The lowest BCUT2D eigenvalue weighted by atomic mass is 10.2. The van der Waals surface area contributed by atoms with Crippen LogP contribution in [-0.4, -0.2) is 38.9 Å². The van der Waals surface area contributed by atoms with Gasteiger partial charge in [-0.2, -0.15) is 17.5 Å². The molecule has 0 radical (unpaired) electrons. The van der Waals surface area contributed by atoms with Crippen LogP contribution in [0.2, 0.25) is 0 Å². The zero-order valence-electron chi connectivity index (χ0n) is 11.4. The van der Waals surface area contributed by atoms with Crippen molar-refractivity contribution in [3.05, 3.63) is 28.2 Å². The molecular formula is C12H15BrClF3N2O2S. The lowest BCUT2D eigenvalue weighted by Crippen LogP contribution is -2.34. The fourth-order valence-corrected chi connectivity index (χ4v) is 4.51. The van der Waals surface area contributed by atoms with E-state index in [4.69, 9.17) is 0 Å². The normalized spacial score (nSPS) is 17.6. The van der Waals surface area contributed by atoms with E-state index < -0.39 is 21.8 Å². The standard InChI is InChI=1S/C12H14BrF3N2O2S.ClH/c13-10-3-2-9(12(14,15)16)8-11(10)21(19,20)18-6-1-4-17-5-7-18;/h2-3,8,17H,1,4-7H2;1H. The zero-order valence-corrected chi connectivity index (χ0v) is 14.6. The van der Waals surface area contributed by atoms with Gasteiger partial charge in [-0.05, 0) is 47.1 Å². The maximum Gasteiger partial charge on any atom is 0.416 e. The molecule has 1 aliphatic heterocycles. The molecule has 0 amide bonds. The van der Waals surface area contributed by atoms with Gasteiger partial charge in [-0.25, -0.2) is 8.42 Å². The number of nitrogens with one attached hydrogen (secondary N) is 1. The second-order valence-corrected chi connectivity index (χ2v) is 7.41. The quantitative estimate of drug-likeness (QED) is 0.796. The third-order valence-electron chi connectivity index (χ3n) is 3.18. The Hall–Kier alpha value is -0.350. The minimum Gasteiger partial charge on any atom is -0.315 e. The highest BCUT2D eigenvalue weighted by Crippen LogP contribution is 2.34. The van der Waals surface area contributed by atoms with Gasteiger partial charge in [0.2, 0.25) is 10.0 Å². The summed E-state index contributed by atoms with van der Waals surface area (Å²) >= 11 is 3.03. The van der Waals surface area contributed by atoms with Gasteiger partial charge in [-0.1, -0.05) is 0 Å². The number of alkyl halides is 3. The Morgan fingerprint density at radius 1 is 1.18 bits per heavy atom. The summed E-state index contributed by atoms with van der Waals surface area (Å²) in [4.78, 5) is -0.348. The summed E-state index contributed by atoms with van der Waals surface area (Å²) in [6, 6.07) is 2.65. The predicted molar refractivity (Wildman–Crippen MR) is 82.6 cm³/mol. The highest BCUT2D eigenvalue weighted by Gasteiger charge is 2.34. The van der Waals surface area contributed by atoms with E-state index in [-0.39, 0.29) is 34.9 Å². The van der Waals surface area contributed by atoms with Crippen molar-refractivity contribution in [1.29, 1.82) is 0 Å². The molecular weight excluding hydrogens is 409 g/mol. The molecule has 126 valence electrons. The molecule has 1 aromatic rings. The fourth-order valence-electron chi connectivity index (χ4n) is 2.08. The smallest absolute Gasteiger partial charge is 0.315 e. The van der Waals surface area contributed by atoms with E-state index in [9.17, 15) is 21.6 Å². The van der Waals surface area contributed by atoms with Gasteiger partial charge in [0.15, 0.2) is 0 Å². The summed E-state index contributed by atoms with van der Waals surface area (Å²) in [6.45, 7) is 1.70. The highest BCUT2D eigenvalue weighted by molar-refractivity contribution is 9.10. The maximum atomic E-state index is 12.8. The molecule has 2 rings (SSSR count). The van der Waals surface area contributed by atoms with Crippen molar-refractivity contribution in [3.8, 4) is 0 Å². The zero-order chi connectivity index (χ0) is 15.7. The van der Waals surface area contributed by atoms with Crippen LogP contribution in [0.25, 0.3) is 0 Å². The largest absolute Gasteiger partial charge is 0.416 e. The molecule has 0 bridgehead atoms. The molecule has 4 nitrogen and oxygen atoms in total. The summed E-state index contributed by atoms with van der Waals surface area (Å²) in [5.41, 5.74) is -0.975. The van der Waals surface area contributed by atoms with Gasteiger partial charge in [-0.15, -0.1) is 12.4 Å². The molecule has 0 aliphatic carbocycles. The lowest BCUT2D eigenvalue weighted by Gasteiger charge is -2.21. The molecule has 1 aliphatic rings. The fraction of sp³-hybridized carbons (Fsp3) is 0.500. The number of halogens is 5. The van der Waals surface area contributed by atoms with E-state index in [1.54, 1.807) is 0 Å². The van der Waals surface area contributed by atoms with Crippen molar-refractivity contribution >= 4 is 38.4 Å². The third kappa shape index (κ3) is 4.35. The van der Waals surface area contributed by atoms with Gasteiger partial charge in [0.05, 0.1) is 10.5 Å². The van der Waals surface area contributed by atoms with Crippen LogP contribution in [0.15, 0.2) is 27.6 Å². The Balaban J connectivity index is 0.00000242. The first kappa shape index (κ1) is 19.7. The molecule has 0 spiro atoms. The van der Waals surface area contributed by atoms with Crippen LogP contribution < -0.4 is 5.32 Å². The summed E-state index contributed by atoms with van der Waals surface area (Å²) in [6.07, 6.45) is -3.96. The Morgan fingerprint density at radius 3 is 2.50 bits per heavy atom. The molecule has 0 atom stereocenters. The Morgan fingerprint density at radius 2 is 1.86 bits per heavy atom. The summed E-state index contributed by atoms with van der Waals surface area (Å²) in [5, 5.41) is 3.05. The van der Waals surface area contributed by atoms with Crippen molar-refractivity contribution in [2.75, 3.05) is 26.2 Å². The van der Waals surface area contributed by atoms with Crippen LogP contribution in [0.3, 0.4) is 0 Å². The van der Waals surface area contributed by atoms with Gasteiger partial charge in [0, 0.05) is 24.1 Å². The number of hydrogen-bond acceptors (Lipinski definition) is 3. The van der Waals surface area contributed by atoms with Crippen LogP contribution >= 0.6 is 28.3 Å². The average molecular weight is 424 g/mol. The molecule has 1 fully saturated rings. The Kier molecular flexibility index (Phi) is 6.70. The van der Waals surface area contributed by atoms with Crippen LogP contribution in [0.5, 0.6) is 0 Å². The minimum atomic E-state index is -4.58. The van der Waals surface area contributed by atoms with Crippen LogP contribution in [0.1, 0.15) is 12.0 Å². The Labute approximate surface area is 141 Å². The van der Waals surface area contributed by atoms with E-state index in [0.29, 0.717) is 25.6 Å². The van der Waals surface area contributed by atoms with E-state index in [1.807, 2.05) is 0 Å². The van der Waals surface area contributed by atoms with Crippen LogP contribution in [0.4, 0.5) is 13.2 Å². The van der Waals surface area contributed by atoms with Gasteiger partial charge in [0.1, 0.15) is 0 Å². The molecule has 10 heteroatoms. The molecule has 0 unspecified atom stereocenters.